The Hall–Kier alpha value is -3.35. The second-order valence-corrected chi connectivity index (χ2v) is 8.41. The van der Waals surface area contributed by atoms with Crippen LogP contribution in [0.1, 0.15) is 23.1 Å². The van der Waals surface area contributed by atoms with Gasteiger partial charge in [0, 0.05) is 43.0 Å². The largest absolute Gasteiger partial charge is 0.493 e. The van der Waals surface area contributed by atoms with Gasteiger partial charge in [0.2, 0.25) is 5.91 Å². The van der Waals surface area contributed by atoms with Crippen LogP contribution in [0.15, 0.2) is 73.1 Å². The minimum Gasteiger partial charge on any atom is -0.493 e. The number of hydrogen-bond donors (Lipinski definition) is 0. The fourth-order valence-electron chi connectivity index (χ4n) is 3.71. The molecule has 1 atom stereocenters. The highest BCUT2D eigenvalue weighted by molar-refractivity contribution is 6.32. The van der Waals surface area contributed by atoms with Crippen LogP contribution in [0.25, 0.3) is 6.08 Å². The molecule has 1 saturated heterocycles. The predicted octanol–water partition coefficient (Wildman–Crippen LogP) is 5.15. The number of methoxy groups -OCH3 is 1. The maximum absolute atomic E-state index is 13.2. The maximum Gasteiger partial charge on any atom is 0.247 e. The molecular formula is C27H27ClN2O4. The van der Waals surface area contributed by atoms with Crippen molar-refractivity contribution >= 4 is 23.6 Å². The second kappa shape index (κ2) is 11.7. The average molecular weight is 479 g/mol. The van der Waals surface area contributed by atoms with Gasteiger partial charge < -0.3 is 19.1 Å². The number of benzene rings is 2. The topological polar surface area (TPSA) is 60.9 Å². The van der Waals surface area contributed by atoms with E-state index in [0.29, 0.717) is 42.8 Å². The normalized spacial score (nSPS) is 15.4. The van der Waals surface area contributed by atoms with Crippen LogP contribution in [0.4, 0.5) is 0 Å². The predicted molar refractivity (Wildman–Crippen MR) is 132 cm³/mol. The summed E-state index contributed by atoms with van der Waals surface area (Å²) in [6.07, 6.45) is 7.65. The number of pyridine rings is 1. The van der Waals surface area contributed by atoms with Gasteiger partial charge in [-0.2, -0.15) is 0 Å². The number of hydrogen-bond acceptors (Lipinski definition) is 5. The van der Waals surface area contributed by atoms with Crippen molar-refractivity contribution in [3.8, 4) is 11.5 Å². The lowest BCUT2D eigenvalue weighted by atomic mass is 10.1. The van der Waals surface area contributed by atoms with Gasteiger partial charge in [0.15, 0.2) is 11.5 Å². The van der Waals surface area contributed by atoms with Crippen LogP contribution in [0.3, 0.4) is 0 Å². The van der Waals surface area contributed by atoms with E-state index in [1.54, 1.807) is 42.6 Å². The van der Waals surface area contributed by atoms with Crippen molar-refractivity contribution in [1.29, 1.82) is 0 Å². The van der Waals surface area contributed by atoms with E-state index in [-0.39, 0.29) is 12.0 Å². The van der Waals surface area contributed by atoms with E-state index in [2.05, 4.69) is 4.98 Å². The third kappa shape index (κ3) is 6.37. The van der Waals surface area contributed by atoms with Crippen molar-refractivity contribution in [3.05, 3.63) is 94.8 Å². The van der Waals surface area contributed by atoms with Crippen LogP contribution in [-0.4, -0.2) is 42.2 Å². The fourth-order valence-corrected chi connectivity index (χ4v) is 3.91. The summed E-state index contributed by atoms with van der Waals surface area (Å²) >= 11 is 6.24. The second-order valence-electron chi connectivity index (χ2n) is 8.00. The summed E-state index contributed by atoms with van der Waals surface area (Å²) in [5.74, 6) is 1.17. The maximum atomic E-state index is 13.2. The molecule has 0 aliphatic carbocycles. The van der Waals surface area contributed by atoms with Crippen molar-refractivity contribution in [2.24, 2.45) is 0 Å². The molecular weight excluding hydrogens is 452 g/mol. The highest BCUT2D eigenvalue weighted by Crippen LogP contribution is 2.31. The molecule has 176 valence electrons. The standard InChI is InChI=1S/C27H27ClN2O4/c1-32-26-15-20(8-10-25(26)34-23-12-14-33-19-23)17-30(18-21-5-4-13-29-16-21)27(31)11-9-22-6-2-3-7-24(22)28/h2-11,13,15-16,23H,12,14,17-19H2,1H3. The Bertz CT molecular complexity index is 1130. The number of ether oxygens (including phenoxy) is 3. The number of carbonyl (C=O) groups is 1. The van der Waals surface area contributed by atoms with Crippen molar-refractivity contribution in [2.75, 3.05) is 20.3 Å². The molecule has 3 aromatic rings. The first-order chi connectivity index (χ1) is 16.6. The van der Waals surface area contributed by atoms with Crippen LogP contribution in [0.5, 0.6) is 11.5 Å². The molecule has 1 aliphatic heterocycles. The molecule has 0 spiro atoms. The molecule has 1 unspecified atom stereocenters. The molecule has 1 amide bonds. The Kier molecular flexibility index (Phi) is 8.17. The molecule has 6 nitrogen and oxygen atoms in total. The van der Waals surface area contributed by atoms with E-state index in [1.807, 2.05) is 48.5 Å². The average Bonchev–Trinajstić information content (AvgIpc) is 3.37. The van der Waals surface area contributed by atoms with Gasteiger partial charge in [-0.05, 0) is 47.0 Å². The van der Waals surface area contributed by atoms with Gasteiger partial charge in [-0.25, -0.2) is 0 Å². The summed E-state index contributed by atoms with van der Waals surface area (Å²) in [4.78, 5) is 19.1. The lowest BCUT2D eigenvalue weighted by Crippen LogP contribution is -2.28. The third-order valence-corrected chi connectivity index (χ3v) is 5.85. The van der Waals surface area contributed by atoms with Gasteiger partial charge in [-0.3, -0.25) is 9.78 Å². The molecule has 0 bridgehead atoms. The van der Waals surface area contributed by atoms with Crippen molar-refractivity contribution in [1.82, 2.24) is 9.88 Å². The SMILES string of the molecule is COc1cc(CN(Cc2cccnc2)C(=O)C=Cc2ccccc2Cl)ccc1OC1CCOC1. The van der Waals surface area contributed by atoms with Gasteiger partial charge in [0.1, 0.15) is 6.10 Å². The Morgan fingerprint density at radius 1 is 1.15 bits per heavy atom. The Morgan fingerprint density at radius 2 is 2.00 bits per heavy atom. The fraction of sp³-hybridized carbons (Fsp3) is 0.259. The van der Waals surface area contributed by atoms with E-state index < -0.39 is 0 Å². The molecule has 0 saturated carbocycles. The number of amides is 1. The zero-order valence-corrected chi connectivity index (χ0v) is 19.8. The van der Waals surface area contributed by atoms with E-state index >= 15 is 0 Å². The molecule has 0 N–H and O–H groups in total. The molecule has 1 fully saturated rings. The monoisotopic (exact) mass is 478 g/mol. The van der Waals surface area contributed by atoms with Gasteiger partial charge in [-0.1, -0.05) is 41.9 Å². The first kappa shape index (κ1) is 23.8. The van der Waals surface area contributed by atoms with E-state index in [0.717, 1.165) is 23.1 Å². The minimum atomic E-state index is -0.133. The zero-order valence-electron chi connectivity index (χ0n) is 19.0. The number of aromatic nitrogens is 1. The number of rotatable bonds is 9. The lowest BCUT2D eigenvalue weighted by molar-refractivity contribution is -0.127. The Balaban J connectivity index is 1.53. The number of halogens is 1. The summed E-state index contributed by atoms with van der Waals surface area (Å²) in [6, 6.07) is 17.0. The molecule has 7 heteroatoms. The molecule has 2 aromatic carbocycles. The van der Waals surface area contributed by atoms with Gasteiger partial charge >= 0.3 is 0 Å². The van der Waals surface area contributed by atoms with Crippen LogP contribution in [-0.2, 0) is 22.6 Å². The summed E-state index contributed by atoms with van der Waals surface area (Å²) in [5.41, 5.74) is 2.66. The van der Waals surface area contributed by atoms with Crippen molar-refractivity contribution in [3.63, 3.8) is 0 Å². The van der Waals surface area contributed by atoms with Crippen molar-refractivity contribution < 1.29 is 19.0 Å². The van der Waals surface area contributed by atoms with Crippen LogP contribution < -0.4 is 9.47 Å². The summed E-state index contributed by atoms with van der Waals surface area (Å²) in [5, 5.41) is 0.596. The van der Waals surface area contributed by atoms with Crippen molar-refractivity contribution in [2.45, 2.75) is 25.6 Å². The van der Waals surface area contributed by atoms with Gasteiger partial charge in [0.05, 0.1) is 20.3 Å². The first-order valence-electron chi connectivity index (χ1n) is 11.1. The Morgan fingerprint density at radius 3 is 2.74 bits per heavy atom. The third-order valence-electron chi connectivity index (χ3n) is 5.50. The highest BCUT2D eigenvalue weighted by atomic mass is 35.5. The molecule has 34 heavy (non-hydrogen) atoms. The highest BCUT2D eigenvalue weighted by Gasteiger charge is 2.20. The molecule has 0 radical (unpaired) electrons. The van der Waals surface area contributed by atoms with E-state index in [4.69, 9.17) is 25.8 Å². The van der Waals surface area contributed by atoms with Crippen LogP contribution >= 0.6 is 11.6 Å². The van der Waals surface area contributed by atoms with E-state index in [1.165, 1.54) is 0 Å². The molecule has 4 rings (SSSR count). The minimum absolute atomic E-state index is 0.0263. The number of carbonyl (C=O) groups excluding carboxylic acids is 1. The summed E-state index contributed by atoms with van der Waals surface area (Å²) < 4.78 is 17.0. The summed E-state index contributed by atoms with van der Waals surface area (Å²) in [6.45, 7) is 2.09. The number of nitrogens with zero attached hydrogens (tertiary/aromatic N) is 2. The van der Waals surface area contributed by atoms with Gasteiger partial charge in [-0.15, -0.1) is 0 Å². The van der Waals surface area contributed by atoms with E-state index in [9.17, 15) is 4.79 Å². The summed E-state index contributed by atoms with van der Waals surface area (Å²) in [7, 11) is 1.61. The molecule has 1 aromatic heterocycles. The van der Waals surface area contributed by atoms with Crippen LogP contribution in [0, 0.1) is 0 Å². The lowest BCUT2D eigenvalue weighted by Gasteiger charge is -2.22. The van der Waals surface area contributed by atoms with Crippen LogP contribution in [0.2, 0.25) is 5.02 Å². The Labute approximate surface area is 204 Å². The molecule has 1 aliphatic rings. The molecule has 2 heterocycles. The quantitative estimate of drug-likeness (QED) is 0.398. The van der Waals surface area contributed by atoms with Gasteiger partial charge in [0.25, 0.3) is 0 Å². The zero-order chi connectivity index (χ0) is 23.8. The first-order valence-corrected chi connectivity index (χ1v) is 11.5. The smallest absolute Gasteiger partial charge is 0.247 e.